The fourth-order valence-corrected chi connectivity index (χ4v) is 3.56. The molecule has 1 aromatic rings. The molecule has 2 bridgehead atoms. The van der Waals surface area contributed by atoms with Crippen LogP contribution in [-0.4, -0.2) is 28.2 Å². The predicted molar refractivity (Wildman–Crippen MR) is 69.0 cm³/mol. The van der Waals surface area contributed by atoms with Crippen LogP contribution in [0.1, 0.15) is 31.2 Å². The first-order chi connectivity index (χ1) is 8.22. The van der Waals surface area contributed by atoms with Crippen molar-refractivity contribution in [3.63, 3.8) is 0 Å². The molecule has 1 N–H and O–H groups in total. The number of rotatable bonds is 2. The van der Waals surface area contributed by atoms with Crippen molar-refractivity contribution in [3.05, 3.63) is 34.9 Å². The van der Waals surface area contributed by atoms with Crippen LogP contribution in [0.5, 0.6) is 0 Å². The van der Waals surface area contributed by atoms with Gasteiger partial charge in [-0.1, -0.05) is 23.7 Å². The van der Waals surface area contributed by atoms with E-state index in [1.54, 1.807) is 0 Å². The summed E-state index contributed by atoms with van der Waals surface area (Å²) in [5.41, 5.74) is 1.28. The lowest BCUT2D eigenvalue weighted by Gasteiger charge is -2.37. The van der Waals surface area contributed by atoms with Crippen molar-refractivity contribution >= 4 is 11.6 Å². The zero-order chi connectivity index (χ0) is 11.8. The quantitative estimate of drug-likeness (QED) is 0.874. The summed E-state index contributed by atoms with van der Waals surface area (Å²) in [6.07, 6.45) is 4.28. The smallest absolute Gasteiger partial charge is 0.0570 e. The second kappa shape index (κ2) is 4.60. The molecule has 0 aromatic heterocycles. The minimum absolute atomic E-state index is 0.0805. The lowest BCUT2D eigenvalue weighted by atomic mass is 9.99. The minimum Gasteiger partial charge on any atom is -0.393 e. The van der Waals surface area contributed by atoms with E-state index in [9.17, 15) is 5.11 Å². The van der Waals surface area contributed by atoms with Gasteiger partial charge in [0.05, 0.1) is 6.10 Å². The molecule has 2 heterocycles. The van der Waals surface area contributed by atoms with Gasteiger partial charge in [-0.25, -0.2) is 0 Å². The highest BCUT2D eigenvalue weighted by Gasteiger charge is 2.39. The van der Waals surface area contributed by atoms with Crippen LogP contribution < -0.4 is 0 Å². The van der Waals surface area contributed by atoms with Crippen molar-refractivity contribution < 1.29 is 5.11 Å². The summed E-state index contributed by atoms with van der Waals surface area (Å²) in [5.74, 6) is 0. The van der Waals surface area contributed by atoms with Crippen molar-refractivity contribution in [2.75, 3.05) is 0 Å². The molecule has 2 fully saturated rings. The lowest BCUT2D eigenvalue weighted by molar-refractivity contribution is 0.0310. The number of hydrogen-bond donors (Lipinski definition) is 1. The fraction of sp³-hybridized carbons (Fsp3) is 0.571. The number of halogens is 1. The van der Waals surface area contributed by atoms with E-state index in [0.717, 1.165) is 24.4 Å². The number of benzene rings is 1. The number of piperidine rings is 1. The third kappa shape index (κ3) is 2.35. The first-order valence-corrected chi connectivity index (χ1v) is 6.78. The van der Waals surface area contributed by atoms with Gasteiger partial charge in [0.25, 0.3) is 0 Å². The van der Waals surface area contributed by atoms with Gasteiger partial charge in [-0.3, -0.25) is 4.90 Å². The molecule has 0 spiro atoms. The number of aliphatic hydroxyl groups excluding tert-OH is 1. The van der Waals surface area contributed by atoms with E-state index < -0.39 is 0 Å². The van der Waals surface area contributed by atoms with Crippen molar-refractivity contribution in [1.29, 1.82) is 0 Å². The highest BCUT2D eigenvalue weighted by atomic mass is 35.5. The molecule has 0 aliphatic carbocycles. The molecule has 2 unspecified atom stereocenters. The topological polar surface area (TPSA) is 23.5 Å². The third-order valence-electron chi connectivity index (χ3n) is 4.11. The first-order valence-electron chi connectivity index (χ1n) is 6.40. The maximum atomic E-state index is 9.77. The Hall–Kier alpha value is -0.570. The molecule has 0 radical (unpaired) electrons. The normalized spacial score (nSPS) is 32.9. The maximum Gasteiger partial charge on any atom is 0.0570 e. The van der Waals surface area contributed by atoms with Gasteiger partial charge in [0.1, 0.15) is 0 Å². The van der Waals surface area contributed by atoms with Crippen molar-refractivity contribution in [2.24, 2.45) is 0 Å². The molecular formula is C14H18ClNO. The van der Waals surface area contributed by atoms with E-state index in [0.29, 0.717) is 12.1 Å². The summed E-state index contributed by atoms with van der Waals surface area (Å²) < 4.78 is 0. The highest BCUT2D eigenvalue weighted by molar-refractivity contribution is 6.30. The average Bonchev–Trinajstić information content (AvgIpc) is 2.54. The predicted octanol–water partition coefficient (Wildman–Crippen LogP) is 2.83. The largest absolute Gasteiger partial charge is 0.393 e. The van der Waals surface area contributed by atoms with E-state index in [-0.39, 0.29) is 6.10 Å². The summed E-state index contributed by atoms with van der Waals surface area (Å²) in [4.78, 5) is 2.55. The summed E-state index contributed by atoms with van der Waals surface area (Å²) in [6, 6.07) is 9.26. The van der Waals surface area contributed by atoms with Crippen LogP contribution >= 0.6 is 11.6 Å². The van der Waals surface area contributed by atoms with Crippen molar-refractivity contribution in [1.82, 2.24) is 4.90 Å². The van der Waals surface area contributed by atoms with Crippen LogP contribution in [0.25, 0.3) is 0 Å². The molecule has 17 heavy (non-hydrogen) atoms. The van der Waals surface area contributed by atoms with Gasteiger partial charge in [0.2, 0.25) is 0 Å². The van der Waals surface area contributed by atoms with Crippen LogP contribution in [0.15, 0.2) is 24.3 Å². The Labute approximate surface area is 107 Å². The molecule has 1 aromatic carbocycles. The summed E-state index contributed by atoms with van der Waals surface area (Å²) in [5, 5.41) is 10.6. The molecule has 2 atom stereocenters. The molecule has 92 valence electrons. The zero-order valence-electron chi connectivity index (χ0n) is 9.85. The van der Waals surface area contributed by atoms with E-state index in [4.69, 9.17) is 11.6 Å². The standard InChI is InChI=1S/C14H18ClNO/c15-11-3-1-2-10(6-11)9-16-12-4-5-13(16)8-14(17)7-12/h1-3,6,12-14,17H,4-5,7-9H2. The van der Waals surface area contributed by atoms with E-state index in [1.807, 2.05) is 18.2 Å². The van der Waals surface area contributed by atoms with Crippen LogP contribution in [-0.2, 0) is 6.54 Å². The number of fused-ring (bicyclic) bond motifs is 2. The first kappa shape index (κ1) is 11.5. The van der Waals surface area contributed by atoms with Gasteiger partial charge in [0.15, 0.2) is 0 Å². The van der Waals surface area contributed by atoms with E-state index in [2.05, 4.69) is 11.0 Å². The zero-order valence-corrected chi connectivity index (χ0v) is 10.6. The van der Waals surface area contributed by atoms with Crippen LogP contribution in [0.4, 0.5) is 0 Å². The minimum atomic E-state index is -0.0805. The van der Waals surface area contributed by atoms with E-state index >= 15 is 0 Å². The Kier molecular flexibility index (Phi) is 3.12. The Morgan fingerprint density at radius 3 is 2.59 bits per heavy atom. The molecule has 2 nitrogen and oxygen atoms in total. The van der Waals surface area contributed by atoms with Gasteiger partial charge in [-0.15, -0.1) is 0 Å². The second-order valence-electron chi connectivity index (χ2n) is 5.31. The lowest BCUT2D eigenvalue weighted by Crippen LogP contribution is -2.44. The summed E-state index contributed by atoms with van der Waals surface area (Å²) in [6.45, 7) is 0.975. The Morgan fingerprint density at radius 1 is 1.24 bits per heavy atom. The van der Waals surface area contributed by atoms with Gasteiger partial charge >= 0.3 is 0 Å². The molecule has 3 heteroatoms. The van der Waals surface area contributed by atoms with Gasteiger partial charge in [0, 0.05) is 23.7 Å². The molecule has 2 saturated heterocycles. The van der Waals surface area contributed by atoms with Gasteiger partial charge in [-0.2, -0.15) is 0 Å². The molecule has 2 aliphatic heterocycles. The number of hydrogen-bond acceptors (Lipinski definition) is 2. The maximum absolute atomic E-state index is 9.77. The number of aliphatic hydroxyl groups is 1. The number of nitrogens with zero attached hydrogens (tertiary/aromatic N) is 1. The Morgan fingerprint density at radius 2 is 1.94 bits per heavy atom. The molecule has 3 rings (SSSR count). The summed E-state index contributed by atoms with van der Waals surface area (Å²) in [7, 11) is 0. The SMILES string of the molecule is OC1CC2CCC(C1)N2Cc1cccc(Cl)c1. The third-order valence-corrected chi connectivity index (χ3v) is 4.35. The van der Waals surface area contributed by atoms with Crippen LogP contribution in [0.3, 0.4) is 0 Å². The summed E-state index contributed by atoms with van der Waals surface area (Å²) >= 11 is 6.02. The Balaban J connectivity index is 1.74. The Bertz CT molecular complexity index is 395. The van der Waals surface area contributed by atoms with Gasteiger partial charge in [-0.05, 0) is 43.4 Å². The van der Waals surface area contributed by atoms with Crippen molar-refractivity contribution in [3.8, 4) is 0 Å². The van der Waals surface area contributed by atoms with Gasteiger partial charge < -0.3 is 5.11 Å². The monoisotopic (exact) mass is 251 g/mol. The molecule has 0 saturated carbocycles. The molecule has 0 amide bonds. The molecule has 2 aliphatic rings. The van der Waals surface area contributed by atoms with Crippen molar-refractivity contribution in [2.45, 2.75) is 50.4 Å². The van der Waals surface area contributed by atoms with E-state index in [1.165, 1.54) is 18.4 Å². The van der Waals surface area contributed by atoms with Crippen LogP contribution in [0, 0.1) is 0 Å². The second-order valence-corrected chi connectivity index (χ2v) is 5.75. The average molecular weight is 252 g/mol. The van der Waals surface area contributed by atoms with Crippen LogP contribution in [0.2, 0.25) is 5.02 Å². The molecular weight excluding hydrogens is 234 g/mol. The fourth-order valence-electron chi connectivity index (χ4n) is 3.35. The highest BCUT2D eigenvalue weighted by Crippen LogP contribution is 2.36.